The number of methoxy groups -OCH3 is 1. The summed E-state index contributed by atoms with van der Waals surface area (Å²) in [5.41, 5.74) is 6.08. The number of benzene rings is 1. The van der Waals surface area contributed by atoms with Gasteiger partial charge in [-0.15, -0.1) is 0 Å². The molecule has 24 heavy (non-hydrogen) atoms. The highest BCUT2D eigenvalue weighted by Gasteiger charge is 2.24. The highest BCUT2D eigenvalue weighted by Crippen LogP contribution is 2.21. The van der Waals surface area contributed by atoms with Gasteiger partial charge in [-0.05, 0) is 25.1 Å². The highest BCUT2D eigenvalue weighted by atomic mass is 19.1. The number of nitrogens with two attached hydrogens (primary N) is 1. The van der Waals surface area contributed by atoms with E-state index in [0.717, 1.165) is 25.1 Å². The SMILES string of the molecule is C=C(CN1CCC(COc2ccccc2F)C1)C(=N/C=C\N)OC. The van der Waals surface area contributed by atoms with Crippen molar-refractivity contribution in [3.8, 4) is 5.75 Å². The number of rotatable bonds is 7. The molecule has 0 bridgehead atoms. The van der Waals surface area contributed by atoms with Crippen LogP contribution in [-0.2, 0) is 4.74 Å². The van der Waals surface area contributed by atoms with Crippen molar-refractivity contribution in [2.45, 2.75) is 6.42 Å². The van der Waals surface area contributed by atoms with E-state index in [2.05, 4.69) is 16.5 Å². The van der Waals surface area contributed by atoms with Crippen LogP contribution in [0.2, 0.25) is 0 Å². The maximum atomic E-state index is 13.6. The van der Waals surface area contributed by atoms with E-state index in [1.165, 1.54) is 18.5 Å². The number of para-hydroxylation sites is 1. The van der Waals surface area contributed by atoms with E-state index in [0.29, 0.717) is 30.7 Å². The summed E-state index contributed by atoms with van der Waals surface area (Å²) in [6.45, 7) is 7.00. The van der Waals surface area contributed by atoms with E-state index in [9.17, 15) is 4.39 Å². The van der Waals surface area contributed by atoms with E-state index in [-0.39, 0.29) is 5.82 Å². The predicted octanol–water partition coefficient (Wildman–Crippen LogP) is 2.56. The number of nitrogens with zero attached hydrogens (tertiary/aromatic N) is 2. The van der Waals surface area contributed by atoms with Crippen LogP contribution in [0, 0.1) is 11.7 Å². The van der Waals surface area contributed by atoms with Crippen molar-refractivity contribution in [2.24, 2.45) is 16.6 Å². The summed E-state index contributed by atoms with van der Waals surface area (Å²) in [5, 5.41) is 0. The zero-order valence-electron chi connectivity index (χ0n) is 14.0. The molecule has 2 N–H and O–H groups in total. The number of hydrogen-bond donors (Lipinski definition) is 1. The lowest BCUT2D eigenvalue weighted by molar-refractivity contribution is 0.236. The molecule has 1 aliphatic heterocycles. The molecule has 130 valence electrons. The summed E-state index contributed by atoms with van der Waals surface area (Å²) < 4.78 is 24.4. The van der Waals surface area contributed by atoms with Crippen LogP contribution < -0.4 is 10.5 Å². The number of hydrogen-bond acceptors (Lipinski definition) is 5. The molecular weight excluding hydrogens is 309 g/mol. The Morgan fingerprint density at radius 1 is 1.50 bits per heavy atom. The van der Waals surface area contributed by atoms with Crippen molar-refractivity contribution in [1.82, 2.24) is 4.90 Å². The van der Waals surface area contributed by atoms with Gasteiger partial charge in [0.15, 0.2) is 11.6 Å². The second-order valence-electron chi connectivity index (χ2n) is 5.71. The molecule has 2 rings (SSSR count). The largest absolute Gasteiger partial charge is 0.490 e. The van der Waals surface area contributed by atoms with Gasteiger partial charge in [-0.25, -0.2) is 9.38 Å². The average molecular weight is 333 g/mol. The van der Waals surface area contributed by atoms with Gasteiger partial charge in [0.05, 0.1) is 13.7 Å². The van der Waals surface area contributed by atoms with Gasteiger partial charge in [0.1, 0.15) is 0 Å². The lowest BCUT2D eigenvalue weighted by atomic mass is 10.1. The van der Waals surface area contributed by atoms with Crippen LogP contribution in [0.4, 0.5) is 4.39 Å². The van der Waals surface area contributed by atoms with Gasteiger partial charge in [0, 0.05) is 37.0 Å². The Labute approximate surface area is 142 Å². The quantitative estimate of drug-likeness (QED) is 0.615. The number of likely N-dealkylation sites (tertiary alicyclic amines) is 1. The fourth-order valence-corrected chi connectivity index (χ4v) is 2.70. The third-order valence-electron chi connectivity index (χ3n) is 3.87. The molecule has 1 saturated heterocycles. The normalized spacial score (nSPS) is 18.9. The first-order valence-electron chi connectivity index (χ1n) is 7.90. The fourth-order valence-electron chi connectivity index (χ4n) is 2.70. The molecule has 1 fully saturated rings. The Kier molecular flexibility index (Phi) is 6.81. The first-order valence-corrected chi connectivity index (χ1v) is 7.90. The maximum Gasteiger partial charge on any atom is 0.216 e. The van der Waals surface area contributed by atoms with Crippen LogP contribution >= 0.6 is 0 Å². The van der Waals surface area contributed by atoms with Crippen LogP contribution in [0.3, 0.4) is 0 Å². The van der Waals surface area contributed by atoms with Crippen molar-refractivity contribution in [1.29, 1.82) is 0 Å². The molecule has 1 heterocycles. The summed E-state index contributed by atoms with van der Waals surface area (Å²) in [6.07, 6.45) is 3.82. The molecule has 0 saturated carbocycles. The molecule has 0 aromatic heterocycles. The summed E-state index contributed by atoms with van der Waals surface area (Å²) >= 11 is 0. The summed E-state index contributed by atoms with van der Waals surface area (Å²) in [7, 11) is 1.56. The summed E-state index contributed by atoms with van der Waals surface area (Å²) in [4.78, 5) is 6.37. The minimum Gasteiger partial charge on any atom is -0.490 e. The molecule has 1 atom stereocenters. The second kappa shape index (κ2) is 9.08. The fraction of sp³-hybridized carbons (Fsp3) is 0.389. The van der Waals surface area contributed by atoms with Gasteiger partial charge in [-0.1, -0.05) is 18.7 Å². The van der Waals surface area contributed by atoms with Crippen molar-refractivity contribution >= 4 is 5.90 Å². The lowest BCUT2D eigenvalue weighted by Gasteiger charge is -2.18. The Hall–Kier alpha value is -2.34. The monoisotopic (exact) mass is 333 g/mol. The Morgan fingerprint density at radius 2 is 2.29 bits per heavy atom. The topological polar surface area (TPSA) is 60.1 Å². The van der Waals surface area contributed by atoms with Crippen molar-refractivity contribution < 1.29 is 13.9 Å². The molecule has 1 unspecified atom stereocenters. The van der Waals surface area contributed by atoms with Crippen molar-refractivity contribution in [3.63, 3.8) is 0 Å². The molecule has 0 amide bonds. The van der Waals surface area contributed by atoms with Gasteiger partial charge in [0.25, 0.3) is 0 Å². The van der Waals surface area contributed by atoms with Crippen LogP contribution in [-0.4, -0.2) is 44.1 Å². The predicted molar refractivity (Wildman–Crippen MR) is 93.4 cm³/mol. The van der Waals surface area contributed by atoms with E-state index in [4.69, 9.17) is 15.2 Å². The lowest BCUT2D eigenvalue weighted by Crippen LogP contribution is -2.27. The number of aliphatic imine (C=N–C) groups is 1. The van der Waals surface area contributed by atoms with Crippen LogP contribution in [0.5, 0.6) is 5.75 Å². The van der Waals surface area contributed by atoms with Gasteiger partial charge >= 0.3 is 0 Å². The molecular formula is C18H24FN3O2. The molecule has 0 aliphatic carbocycles. The standard InChI is InChI=1S/C18H24FN3O2/c1-14(18(23-2)21-9-8-20)11-22-10-7-15(12-22)13-24-17-6-4-3-5-16(17)19/h3-6,8-9,15H,1,7,10-13,20H2,2H3/b9-8-,21-18?. The summed E-state index contributed by atoms with van der Waals surface area (Å²) in [5.74, 6) is 0.824. The average Bonchev–Trinajstić information content (AvgIpc) is 3.02. The van der Waals surface area contributed by atoms with Crippen molar-refractivity contribution in [3.05, 3.63) is 54.6 Å². The third-order valence-corrected chi connectivity index (χ3v) is 3.87. The smallest absolute Gasteiger partial charge is 0.216 e. The van der Waals surface area contributed by atoms with Crippen LogP contribution in [0.25, 0.3) is 0 Å². The molecule has 0 spiro atoms. The minimum absolute atomic E-state index is 0.308. The minimum atomic E-state index is -0.324. The Balaban J connectivity index is 1.80. The van der Waals surface area contributed by atoms with Gasteiger partial charge in [-0.3, -0.25) is 4.90 Å². The second-order valence-corrected chi connectivity index (χ2v) is 5.71. The van der Waals surface area contributed by atoms with Crippen LogP contribution in [0.15, 0.2) is 53.8 Å². The first-order chi connectivity index (χ1) is 11.6. The first kappa shape index (κ1) is 18.0. The molecule has 1 aromatic carbocycles. The van der Waals surface area contributed by atoms with E-state index in [1.807, 2.05) is 0 Å². The van der Waals surface area contributed by atoms with Gasteiger partial charge < -0.3 is 15.2 Å². The van der Waals surface area contributed by atoms with Gasteiger partial charge in [-0.2, -0.15) is 0 Å². The molecule has 0 radical (unpaired) electrons. The van der Waals surface area contributed by atoms with Crippen LogP contribution in [0.1, 0.15) is 6.42 Å². The third kappa shape index (κ3) is 5.09. The number of ether oxygens (including phenoxy) is 2. The zero-order chi connectivity index (χ0) is 17.4. The van der Waals surface area contributed by atoms with E-state index >= 15 is 0 Å². The highest BCUT2D eigenvalue weighted by molar-refractivity contribution is 5.93. The summed E-state index contributed by atoms with van der Waals surface area (Å²) in [6, 6.07) is 6.47. The van der Waals surface area contributed by atoms with Crippen molar-refractivity contribution in [2.75, 3.05) is 33.4 Å². The van der Waals surface area contributed by atoms with E-state index in [1.54, 1.807) is 25.3 Å². The Morgan fingerprint density at radius 3 is 3.00 bits per heavy atom. The molecule has 1 aliphatic rings. The van der Waals surface area contributed by atoms with E-state index < -0.39 is 0 Å². The zero-order valence-corrected chi connectivity index (χ0v) is 14.0. The molecule has 6 heteroatoms. The maximum absolute atomic E-state index is 13.6. The van der Waals surface area contributed by atoms with Gasteiger partial charge in [0.2, 0.25) is 5.90 Å². The Bertz CT molecular complexity index is 616. The molecule has 1 aromatic rings. The number of halogens is 1. The molecule has 5 nitrogen and oxygen atoms in total.